The lowest BCUT2D eigenvalue weighted by Gasteiger charge is -2.44. The second-order valence-corrected chi connectivity index (χ2v) is 7.52. The average Bonchev–Trinajstić information content (AvgIpc) is 2.14. The highest BCUT2D eigenvalue weighted by molar-refractivity contribution is 4.86. The van der Waals surface area contributed by atoms with E-state index in [-0.39, 0.29) is 11.2 Å². The van der Waals surface area contributed by atoms with Crippen LogP contribution in [0.4, 0.5) is 0 Å². The van der Waals surface area contributed by atoms with Gasteiger partial charge in [0.05, 0.1) is 23.4 Å². The van der Waals surface area contributed by atoms with Crippen LogP contribution in [0, 0.1) is 0 Å². The molecule has 2 heterocycles. The van der Waals surface area contributed by atoms with Crippen molar-refractivity contribution in [1.82, 2.24) is 10.2 Å². The van der Waals surface area contributed by atoms with Crippen LogP contribution in [-0.2, 0) is 9.47 Å². The minimum atomic E-state index is -0.0175. The molecule has 2 saturated heterocycles. The Morgan fingerprint density at radius 2 is 1.63 bits per heavy atom. The zero-order chi connectivity index (χ0) is 14.1. The van der Waals surface area contributed by atoms with Crippen LogP contribution in [0.2, 0.25) is 0 Å². The molecule has 19 heavy (non-hydrogen) atoms. The number of rotatable bonds is 6. The largest absolute Gasteiger partial charge is 0.370 e. The van der Waals surface area contributed by atoms with E-state index in [1.165, 1.54) is 0 Å². The average molecular weight is 270 g/mol. The molecular weight excluding hydrogens is 240 g/mol. The molecule has 0 aromatic carbocycles. The van der Waals surface area contributed by atoms with Gasteiger partial charge in [-0.3, -0.25) is 4.90 Å². The first-order valence-corrected chi connectivity index (χ1v) is 7.52. The molecule has 0 atom stereocenters. The third-order valence-electron chi connectivity index (χ3n) is 3.70. The van der Waals surface area contributed by atoms with Gasteiger partial charge in [-0.15, -0.1) is 0 Å². The van der Waals surface area contributed by atoms with Crippen molar-refractivity contribution in [2.75, 3.05) is 32.7 Å². The minimum Gasteiger partial charge on any atom is -0.370 e. The molecule has 2 fully saturated rings. The molecule has 0 aromatic heterocycles. The Labute approximate surface area is 117 Å². The summed E-state index contributed by atoms with van der Waals surface area (Å²) in [7, 11) is 0. The van der Waals surface area contributed by atoms with E-state index in [0.29, 0.717) is 12.2 Å². The van der Waals surface area contributed by atoms with Crippen LogP contribution in [0.5, 0.6) is 0 Å². The van der Waals surface area contributed by atoms with E-state index >= 15 is 0 Å². The van der Waals surface area contributed by atoms with Crippen LogP contribution in [-0.4, -0.2) is 61.0 Å². The summed E-state index contributed by atoms with van der Waals surface area (Å²) in [6.45, 7) is 16.0. The maximum absolute atomic E-state index is 6.08. The fourth-order valence-electron chi connectivity index (χ4n) is 2.56. The van der Waals surface area contributed by atoms with Gasteiger partial charge in [-0.05, 0) is 41.0 Å². The van der Waals surface area contributed by atoms with Gasteiger partial charge in [0.1, 0.15) is 0 Å². The molecular formula is C15H30N2O2. The number of nitrogens with zero attached hydrogens (tertiary/aromatic N) is 1. The van der Waals surface area contributed by atoms with Gasteiger partial charge >= 0.3 is 0 Å². The van der Waals surface area contributed by atoms with Gasteiger partial charge < -0.3 is 14.8 Å². The molecule has 2 rings (SSSR count). The van der Waals surface area contributed by atoms with Crippen molar-refractivity contribution in [2.45, 2.75) is 64.4 Å². The van der Waals surface area contributed by atoms with Gasteiger partial charge in [0.2, 0.25) is 0 Å². The molecule has 2 aliphatic heterocycles. The van der Waals surface area contributed by atoms with Crippen LogP contribution >= 0.6 is 0 Å². The van der Waals surface area contributed by atoms with E-state index in [1.807, 2.05) is 0 Å². The number of ether oxygens (including phenoxy) is 2. The molecule has 2 aliphatic rings. The van der Waals surface area contributed by atoms with Crippen LogP contribution in [0.25, 0.3) is 0 Å². The van der Waals surface area contributed by atoms with E-state index < -0.39 is 0 Å². The summed E-state index contributed by atoms with van der Waals surface area (Å²) in [5.41, 5.74) is -0.0287. The molecule has 0 radical (unpaired) electrons. The predicted octanol–water partition coefficient (Wildman–Crippen LogP) is 1.64. The van der Waals surface area contributed by atoms with Crippen molar-refractivity contribution in [3.63, 3.8) is 0 Å². The molecule has 0 bridgehead atoms. The lowest BCUT2D eigenvalue weighted by Crippen LogP contribution is -2.56. The molecule has 4 heteroatoms. The molecule has 1 N–H and O–H groups in total. The fourth-order valence-corrected chi connectivity index (χ4v) is 2.56. The molecule has 0 saturated carbocycles. The highest BCUT2D eigenvalue weighted by atomic mass is 16.5. The molecule has 0 aliphatic carbocycles. The summed E-state index contributed by atoms with van der Waals surface area (Å²) >= 11 is 0. The Morgan fingerprint density at radius 3 is 2.11 bits per heavy atom. The van der Waals surface area contributed by atoms with Gasteiger partial charge in [-0.1, -0.05) is 0 Å². The van der Waals surface area contributed by atoms with Gasteiger partial charge in [-0.2, -0.15) is 0 Å². The Morgan fingerprint density at radius 1 is 1.00 bits per heavy atom. The quantitative estimate of drug-likeness (QED) is 0.795. The second kappa shape index (κ2) is 5.68. The van der Waals surface area contributed by atoms with Crippen LogP contribution in [0.1, 0.15) is 41.0 Å². The van der Waals surface area contributed by atoms with E-state index in [2.05, 4.69) is 44.8 Å². The first-order chi connectivity index (χ1) is 8.73. The van der Waals surface area contributed by atoms with Crippen LogP contribution < -0.4 is 5.32 Å². The lowest BCUT2D eigenvalue weighted by molar-refractivity contribution is -0.134. The molecule has 4 nitrogen and oxygen atoms in total. The van der Waals surface area contributed by atoms with Crippen molar-refractivity contribution in [3.8, 4) is 0 Å². The highest BCUT2D eigenvalue weighted by Crippen LogP contribution is 2.23. The summed E-state index contributed by atoms with van der Waals surface area (Å²) in [4.78, 5) is 2.46. The van der Waals surface area contributed by atoms with Gasteiger partial charge in [0, 0.05) is 32.7 Å². The SMILES string of the molecule is CC(C)(C)OC1CN(CCC(C)(C)OC2CNC2)C1. The Hall–Kier alpha value is -0.160. The molecule has 0 aromatic rings. The number of nitrogens with one attached hydrogen (secondary N) is 1. The number of hydrogen-bond acceptors (Lipinski definition) is 4. The third kappa shape index (κ3) is 5.03. The van der Waals surface area contributed by atoms with Crippen molar-refractivity contribution in [1.29, 1.82) is 0 Å². The number of hydrogen-bond donors (Lipinski definition) is 1. The van der Waals surface area contributed by atoms with Crippen LogP contribution in [0.15, 0.2) is 0 Å². The summed E-state index contributed by atoms with van der Waals surface area (Å²) in [5, 5.41) is 3.25. The molecule has 0 unspecified atom stereocenters. The minimum absolute atomic E-state index is 0.0112. The van der Waals surface area contributed by atoms with Crippen molar-refractivity contribution < 1.29 is 9.47 Å². The van der Waals surface area contributed by atoms with E-state index in [4.69, 9.17) is 9.47 Å². The maximum Gasteiger partial charge on any atom is 0.0835 e. The highest BCUT2D eigenvalue weighted by Gasteiger charge is 2.33. The Kier molecular flexibility index (Phi) is 4.56. The first kappa shape index (κ1) is 15.2. The Balaban J connectivity index is 1.59. The van der Waals surface area contributed by atoms with Crippen LogP contribution in [0.3, 0.4) is 0 Å². The monoisotopic (exact) mass is 270 g/mol. The smallest absolute Gasteiger partial charge is 0.0835 e. The summed E-state index contributed by atoms with van der Waals surface area (Å²) in [5.74, 6) is 0. The first-order valence-electron chi connectivity index (χ1n) is 7.52. The summed E-state index contributed by atoms with van der Waals surface area (Å²) < 4.78 is 12.0. The van der Waals surface area contributed by atoms with Gasteiger partial charge in [0.25, 0.3) is 0 Å². The van der Waals surface area contributed by atoms with Gasteiger partial charge in [0.15, 0.2) is 0 Å². The molecule has 0 spiro atoms. The van der Waals surface area contributed by atoms with E-state index in [0.717, 1.165) is 39.1 Å². The standard InChI is InChI=1S/C15H30N2O2/c1-14(2,3)18-13-10-17(11-13)7-6-15(4,5)19-12-8-16-9-12/h12-13,16H,6-11H2,1-5H3. The normalized spacial score (nSPS) is 23.2. The van der Waals surface area contributed by atoms with Gasteiger partial charge in [-0.25, -0.2) is 0 Å². The van der Waals surface area contributed by atoms with Crippen molar-refractivity contribution >= 4 is 0 Å². The summed E-state index contributed by atoms with van der Waals surface area (Å²) in [6, 6.07) is 0. The van der Waals surface area contributed by atoms with Crippen molar-refractivity contribution in [2.24, 2.45) is 0 Å². The zero-order valence-corrected chi connectivity index (χ0v) is 13.2. The summed E-state index contributed by atoms with van der Waals surface area (Å²) in [6.07, 6.45) is 1.93. The third-order valence-corrected chi connectivity index (χ3v) is 3.70. The molecule has 0 amide bonds. The zero-order valence-electron chi connectivity index (χ0n) is 13.2. The molecule has 112 valence electrons. The fraction of sp³-hybridized carbons (Fsp3) is 1.00. The Bertz CT molecular complexity index is 289. The second-order valence-electron chi connectivity index (χ2n) is 7.52. The maximum atomic E-state index is 6.08. The topological polar surface area (TPSA) is 33.7 Å². The van der Waals surface area contributed by atoms with E-state index in [9.17, 15) is 0 Å². The van der Waals surface area contributed by atoms with Crippen molar-refractivity contribution in [3.05, 3.63) is 0 Å². The predicted molar refractivity (Wildman–Crippen MR) is 77.5 cm³/mol. The van der Waals surface area contributed by atoms with E-state index in [1.54, 1.807) is 0 Å². The number of likely N-dealkylation sites (tertiary alicyclic amines) is 1. The lowest BCUT2D eigenvalue weighted by atomic mass is 10.0.